The van der Waals surface area contributed by atoms with Crippen molar-refractivity contribution in [1.29, 1.82) is 0 Å². The van der Waals surface area contributed by atoms with Gasteiger partial charge in [0, 0.05) is 28.3 Å². The van der Waals surface area contributed by atoms with Crippen LogP contribution in [-0.4, -0.2) is 16.7 Å². The molecule has 0 radical (unpaired) electrons. The van der Waals surface area contributed by atoms with Crippen LogP contribution in [0.3, 0.4) is 0 Å². The second-order valence-electron chi connectivity index (χ2n) is 6.55. The molecule has 0 unspecified atom stereocenters. The maximum absolute atomic E-state index is 12.8. The van der Waals surface area contributed by atoms with E-state index in [0.29, 0.717) is 29.8 Å². The van der Waals surface area contributed by atoms with Gasteiger partial charge in [0.25, 0.3) is 11.5 Å². The minimum atomic E-state index is -0.508. The fourth-order valence-electron chi connectivity index (χ4n) is 3.17. The molecule has 2 N–H and O–H groups in total. The van der Waals surface area contributed by atoms with E-state index in [1.54, 1.807) is 23.1 Å². The normalized spacial score (nSPS) is 13.2. The minimum Gasteiger partial charge on any atom is -0.325 e. The summed E-state index contributed by atoms with van der Waals surface area (Å²) in [6.07, 6.45) is 1.82. The number of benzene rings is 1. The highest BCUT2D eigenvalue weighted by atomic mass is 32.2. The van der Waals surface area contributed by atoms with Gasteiger partial charge in [0.05, 0.1) is 5.69 Å². The number of carbonyl (C=O) groups is 2. The van der Waals surface area contributed by atoms with E-state index < -0.39 is 11.5 Å². The third-order valence-electron chi connectivity index (χ3n) is 4.61. The number of hydrogen-bond acceptors (Lipinski definition) is 5. The van der Waals surface area contributed by atoms with Crippen LogP contribution >= 0.6 is 23.1 Å². The fraction of sp³-hybridized carbons (Fsp3) is 0.190. The van der Waals surface area contributed by atoms with Gasteiger partial charge in [-0.25, -0.2) is 0 Å². The molecule has 1 aromatic carbocycles. The van der Waals surface area contributed by atoms with Crippen molar-refractivity contribution in [2.45, 2.75) is 29.9 Å². The molecule has 3 aromatic rings. The molecule has 1 aliphatic rings. The molecule has 142 valence electrons. The van der Waals surface area contributed by atoms with Gasteiger partial charge >= 0.3 is 0 Å². The highest BCUT2D eigenvalue weighted by molar-refractivity contribution is 7.98. The number of anilines is 1. The molecule has 2 aromatic heterocycles. The standard InChI is InChI=1S/C21H18N2O3S2/c24-18-6-3-5-16-14(18)10-15(20(25)22-16)21(26)23-17-4-1-2-7-19(17)28-12-13-8-9-27-11-13/h1-2,4,7-11H,3,5-6,12H2,(H,22,25)(H,23,26). The van der Waals surface area contributed by atoms with Gasteiger partial charge in [-0.15, -0.1) is 11.8 Å². The van der Waals surface area contributed by atoms with E-state index in [-0.39, 0.29) is 11.3 Å². The van der Waals surface area contributed by atoms with E-state index in [1.807, 2.05) is 29.6 Å². The van der Waals surface area contributed by atoms with E-state index in [1.165, 1.54) is 11.6 Å². The van der Waals surface area contributed by atoms with Gasteiger partial charge in [0.2, 0.25) is 0 Å². The van der Waals surface area contributed by atoms with Crippen LogP contribution in [0.15, 0.2) is 56.8 Å². The number of Topliss-reactive ketones (excluding diaryl/α,β-unsaturated/α-hetero) is 1. The van der Waals surface area contributed by atoms with Crippen molar-refractivity contribution in [3.63, 3.8) is 0 Å². The lowest BCUT2D eigenvalue weighted by atomic mass is 9.93. The number of hydrogen-bond donors (Lipinski definition) is 2. The molecule has 0 saturated heterocycles. The number of nitrogens with one attached hydrogen (secondary N) is 2. The van der Waals surface area contributed by atoms with Gasteiger partial charge in [-0.1, -0.05) is 12.1 Å². The molecule has 1 amide bonds. The molecule has 5 nitrogen and oxygen atoms in total. The maximum Gasteiger partial charge on any atom is 0.261 e. The number of aryl methyl sites for hydroxylation is 1. The Morgan fingerprint density at radius 3 is 2.86 bits per heavy atom. The molecule has 0 saturated carbocycles. The maximum atomic E-state index is 12.8. The Balaban J connectivity index is 1.57. The molecule has 2 heterocycles. The second-order valence-corrected chi connectivity index (χ2v) is 8.35. The van der Waals surface area contributed by atoms with E-state index in [9.17, 15) is 14.4 Å². The van der Waals surface area contributed by atoms with Crippen LogP contribution in [-0.2, 0) is 12.2 Å². The third kappa shape index (κ3) is 3.95. The summed E-state index contributed by atoms with van der Waals surface area (Å²) >= 11 is 3.27. The SMILES string of the molecule is O=C1CCCc2[nH]c(=O)c(C(=O)Nc3ccccc3SCc3ccsc3)cc21. The lowest BCUT2D eigenvalue weighted by molar-refractivity contribution is 0.0971. The van der Waals surface area contributed by atoms with Gasteiger partial charge < -0.3 is 10.3 Å². The Morgan fingerprint density at radius 2 is 2.04 bits per heavy atom. The lowest BCUT2D eigenvalue weighted by Gasteiger charge is -2.15. The number of aromatic amines is 1. The average Bonchev–Trinajstić information content (AvgIpc) is 3.20. The van der Waals surface area contributed by atoms with Crippen LogP contribution in [0.5, 0.6) is 0 Å². The zero-order chi connectivity index (χ0) is 19.5. The van der Waals surface area contributed by atoms with Gasteiger partial charge in [-0.2, -0.15) is 11.3 Å². The van der Waals surface area contributed by atoms with Crippen LogP contribution in [0.2, 0.25) is 0 Å². The Bertz CT molecular complexity index is 1090. The molecule has 0 bridgehead atoms. The van der Waals surface area contributed by atoms with E-state index in [4.69, 9.17) is 0 Å². The zero-order valence-electron chi connectivity index (χ0n) is 15.0. The Hall–Kier alpha value is -2.64. The van der Waals surface area contributed by atoms with Crippen molar-refractivity contribution in [2.75, 3.05) is 5.32 Å². The van der Waals surface area contributed by atoms with Crippen molar-refractivity contribution >= 4 is 40.5 Å². The van der Waals surface area contributed by atoms with Gasteiger partial charge in [0.1, 0.15) is 5.56 Å². The number of carbonyl (C=O) groups excluding carboxylic acids is 2. The second kappa shape index (κ2) is 8.16. The molecular formula is C21H18N2O3S2. The first-order valence-electron chi connectivity index (χ1n) is 8.95. The van der Waals surface area contributed by atoms with Crippen LogP contribution in [0.1, 0.15) is 44.8 Å². The van der Waals surface area contributed by atoms with Crippen molar-refractivity contribution in [3.05, 3.63) is 79.9 Å². The molecular weight excluding hydrogens is 392 g/mol. The number of para-hydroxylation sites is 1. The summed E-state index contributed by atoms with van der Waals surface area (Å²) in [5.41, 5.74) is 2.46. The van der Waals surface area contributed by atoms with Crippen LogP contribution in [0, 0.1) is 0 Å². The molecule has 0 atom stereocenters. The minimum absolute atomic E-state index is 0.0294. The summed E-state index contributed by atoms with van der Waals surface area (Å²) in [4.78, 5) is 40.9. The predicted octanol–water partition coefficient (Wildman–Crippen LogP) is 4.50. The lowest BCUT2D eigenvalue weighted by Crippen LogP contribution is -2.27. The zero-order valence-corrected chi connectivity index (χ0v) is 16.6. The fourth-order valence-corrected chi connectivity index (χ4v) is 4.89. The van der Waals surface area contributed by atoms with Crippen LogP contribution in [0.4, 0.5) is 5.69 Å². The summed E-state index contributed by atoms with van der Waals surface area (Å²) in [6.45, 7) is 0. The largest absolute Gasteiger partial charge is 0.325 e. The van der Waals surface area contributed by atoms with Gasteiger partial charge in [-0.3, -0.25) is 14.4 Å². The number of amides is 1. The predicted molar refractivity (Wildman–Crippen MR) is 113 cm³/mol. The van der Waals surface area contributed by atoms with E-state index >= 15 is 0 Å². The molecule has 7 heteroatoms. The smallest absolute Gasteiger partial charge is 0.261 e. The number of pyridine rings is 1. The van der Waals surface area contributed by atoms with Crippen molar-refractivity contribution in [1.82, 2.24) is 4.98 Å². The summed E-state index contributed by atoms with van der Waals surface area (Å²) in [5.74, 6) is 0.258. The number of fused-ring (bicyclic) bond motifs is 1. The van der Waals surface area contributed by atoms with Gasteiger partial charge in [0.15, 0.2) is 5.78 Å². The number of H-pyrrole nitrogens is 1. The number of aromatic nitrogens is 1. The first kappa shape index (κ1) is 18.7. The van der Waals surface area contributed by atoms with Crippen LogP contribution < -0.4 is 10.9 Å². The first-order chi connectivity index (χ1) is 13.6. The summed E-state index contributed by atoms with van der Waals surface area (Å²) < 4.78 is 0. The van der Waals surface area contributed by atoms with Gasteiger partial charge in [-0.05, 0) is 53.4 Å². The average molecular weight is 411 g/mol. The van der Waals surface area contributed by atoms with Crippen LogP contribution in [0.25, 0.3) is 0 Å². The summed E-state index contributed by atoms with van der Waals surface area (Å²) in [7, 11) is 0. The third-order valence-corrected chi connectivity index (χ3v) is 6.48. The Kier molecular flexibility index (Phi) is 5.45. The number of thioether (sulfide) groups is 1. The van der Waals surface area contributed by atoms with E-state index in [2.05, 4.69) is 21.7 Å². The van der Waals surface area contributed by atoms with E-state index in [0.717, 1.165) is 17.1 Å². The number of thiophene rings is 1. The molecule has 28 heavy (non-hydrogen) atoms. The number of rotatable bonds is 5. The first-order valence-corrected chi connectivity index (χ1v) is 10.9. The molecule has 0 spiro atoms. The van der Waals surface area contributed by atoms with Crippen molar-refractivity contribution < 1.29 is 9.59 Å². The number of ketones is 1. The van der Waals surface area contributed by atoms with Crippen molar-refractivity contribution in [2.24, 2.45) is 0 Å². The molecule has 1 aliphatic carbocycles. The quantitative estimate of drug-likeness (QED) is 0.607. The monoisotopic (exact) mass is 410 g/mol. The summed E-state index contributed by atoms with van der Waals surface area (Å²) in [5, 5.41) is 6.96. The molecule has 4 rings (SSSR count). The van der Waals surface area contributed by atoms with Crippen molar-refractivity contribution in [3.8, 4) is 0 Å². The topological polar surface area (TPSA) is 79.0 Å². The Morgan fingerprint density at radius 1 is 1.18 bits per heavy atom. The summed E-state index contributed by atoms with van der Waals surface area (Å²) in [6, 6.07) is 11.0. The molecule has 0 aliphatic heterocycles. The Labute approximate surface area is 170 Å². The highest BCUT2D eigenvalue weighted by Crippen LogP contribution is 2.30. The molecule has 0 fully saturated rings. The highest BCUT2D eigenvalue weighted by Gasteiger charge is 2.22.